The average Bonchev–Trinajstić information content (AvgIpc) is 2.98. The molecule has 10 nitrogen and oxygen atoms in total. The summed E-state index contributed by atoms with van der Waals surface area (Å²) < 4.78 is 19.0. The van der Waals surface area contributed by atoms with Gasteiger partial charge in [-0.3, -0.25) is 9.59 Å². The highest BCUT2D eigenvalue weighted by Crippen LogP contribution is 2.32. The topological polar surface area (TPSA) is 102 Å². The minimum absolute atomic E-state index is 0.0110. The van der Waals surface area contributed by atoms with Crippen molar-refractivity contribution in [3.8, 4) is 11.5 Å². The smallest absolute Gasteiger partial charge is 0.410 e. The SMILES string of the molecule is CCNC(=O)c1cc(=O)n(CCN2CCC(N(Cc3ccc4c(c3)OCCO4)C(=O)OC(C)(C)C)CC2)c2cc(C)ccc12. The van der Waals surface area contributed by atoms with Gasteiger partial charge in [-0.15, -0.1) is 0 Å². The Morgan fingerprint density at radius 2 is 1.73 bits per heavy atom. The number of carbonyl (C=O) groups excluding carboxylic acids is 2. The van der Waals surface area contributed by atoms with Gasteiger partial charge in [0.2, 0.25) is 0 Å². The Hall–Kier alpha value is -4.05. The molecule has 0 atom stereocenters. The number of ether oxygens (including phenoxy) is 3. The predicted molar refractivity (Wildman–Crippen MR) is 170 cm³/mol. The van der Waals surface area contributed by atoms with Gasteiger partial charge in [0.1, 0.15) is 18.8 Å². The van der Waals surface area contributed by atoms with E-state index in [-0.39, 0.29) is 23.6 Å². The summed E-state index contributed by atoms with van der Waals surface area (Å²) in [6.07, 6.45) is 1.25. The number of likely N-dealkylation sites (tertiary alicyclic amines) is 1. The summed E-state index contributed by atoms with van der Waals surface area (Å²) >= 11 is 0. The van der Waals surface area contributed by atoms with Crippen molar-refractivity contribution >= 4 is 22.9 Å². The summed E-state index contributed by atoms with van der Waals surface area (Å²) in [6, 6.07) is 13.1. The fourth-order valence-electron chi connectivity index (χ4n) is 5.91. The van der Waals surface area contributed by atoms with E-state index in [1.165, 1.54) is 6.07 Å². The Balaban J connectivity index is 1.28. The van der Waals surface area contributed by atoms with Gasteiger partial charge in [-0.1, -0.05) is 18.2 Å². The van der Waals surface area contributed by atoms with Gasteiger partial charge in [-0.2, -0.15) is 0 Å². The van der Waals surface area contributed by atoms with Crippen molar-refractivity contribution < 1.29 is 23.8 Å². The quantitative estimate of drug-likeness (QED) is 0.397. The number of nitrogens with zero attached hydrogens (tertiary/aromatic N) is 3. The van der Waals surface area contributed by atoms with Crippen LogP contribution in [0.3, 0.4) is 0 Å². The summed E-state index contributed by atoms with van der Waals surface area (Å²) in [7, 11) is 0. The third kappa shape index (κ3) is 7.35. The zero-order valence-corrected chi connectivity index (χ0v) is 26.5. The first-order chi connectivity index (χ1) is 21.0. The van der Waals surface area contributed by atoms with E-state index in [0.717, 1.165) is 53.7 Å². The van der Waals surface area contributed by atoms with Gasteiger partial charge in [-0.05, 0) is 76.8 Å². The lowest BCUT2D eigenvalue weighted by atomic mass is 10.0. The van der Waals surface area contributed by atoms with Crippen molar-refractivity contribution in [2.75, 3.05) is 39.4 Å². The molecule has 0 bridgehead atoms. The van der Waals surface area contributed by atoms with Crippen LogP contribution in [0.25, 0.3) is 10.9 Å². The van der Waals surface area contributed by atoms with Crippen LogP contribution in [0.1, 0.15) is 62.0 Å². The highest BCUT2D eigenvalue weighted by molar-refractivity contribution is 6.06. The molecule has 1 fully saturated rings. The molecule has 2 aromatic carbocycles. The molecule has 1 saturated heterocycles. The van der Waals surface area contributed by atoms with Gasteiger partial charge in [0, 0.05) is 56.8 Å². The summed E-state index contributed by atoms with van der Waals surface area (Å²) in [5, 5.41) is 3.59. The first-order valence-corrected chi connectivity index (χ1v) is 15.6. The minimum atomic E-state index is -0.607. The molecule has 2 aliphatic heterocycles. The lowest BCUT2D eigenvalue weighted by Crippen LogP contribution is -2.49. The van der Waals surface area contributed by atoms with E-state index in [4.69, 9.17) is 14.2 Å². The van der Waals surface area contributed by atoms with E-state index in [2.05, 4.69) is 10.2 Å². The number of amides is 2. The molecule has 0 aliphatic carbocycles. The number of aryl methyl sites for hydroxylation is 1. The Bertz CT molecular complexity index is 1570. The first kappa shape index (κ1) is 31.4. The second-order valence-corrected chi connectivity index (χ2v) is 12.6. The maximum absolute atomic E-state index is 13.4. The number of nitrogens with one attached hydrogen (secondary N) is 1. The Morgan fingerprint density at radius 3 is 2.43 bits per heavy atom. The molecule has 0 unspecified atom stereocenters. The van der Waals surface area contributed by atoms with Crippen LogP contribution in [-0.2, 0) is 17.8 Å². The number of aromatic nitrogens is 1. The Labute approximate surface area is 258 Å². The summed E-state index contributed by atoms with van der Waals surface area (Å²) in [5.41, 5.74) is 2.37. The molecule has 10 heteroatoms. The van der Waals surface area contributed by atoms with Gasteiger partial charge < -0.3 is 33.9 Å². The van der Waals surface area contributed by atoms with Gasteiger partial charge in [0.05, 0.1) is 11.1 Å². The number of hydrogen-bond acceptors (Lipinski definition) is 7. The highest BCUT2D eigenvalue weighted by Gasteiger charge is 2.31. The van der Waals surface area contributed by atoms with Crippen LogP contribution in [-0.4, -0.2) is 77.4 Å². The van der Waals surface area contributed by atoms with E-state index in [0.29, 0.717) is 50.7 Å². The number of pyridine rings is 1. The molecular formula is C34H44N4O6. The average molecular weight is 605 g/mol. The highest BCUT2D eigenvalue weighted by atomic mass is 16.6. The maximum Gasteiger partial charge on any atom is 0.410 e. The third-order valence-electron chi connectivity index (χ3n) is 8.08. The maximum atomic E-state index is 13.4. The third-order valence-corrected chi connectivity index (χ3v) is 8.08. The van der Waals surface area contributed by atoms with Crippen LogP contribution in [0, 0.1) is 6.92 Å². The summed E-state index contributed by atoms with van der Waals surface area (Å²) in [4.78, 5) is 43.5. The zero-order chi connectivity index (χ0) is 31.4. The number of benzene rings is 2. The number of hydrogen-bond donors (Lipinski definition) is 1. The van der Waals surface area contributed by atoms with E-state index in [1.807, 2.05) is 75.9 Å². The van der Waals surface area contributed by atoms with Crippen LogP contribution in [0.2, 0.25) is 0 Å². The molecule has 0 radical (unpaired) electrons. The van der Waals surface area contributed by atoms with Gasteiger partial charge in [0.25, 0.3) is 11.5 Å². The normalized spacial score (nSPS) is 15.7. The molecule has 44 heavy (non-hydrogen) atoms. The van der Waals surface area contributed by atoms with E-state index in [1.54, 1.807) is 4.57 Å². The largest absolute Gasteiger partial charge is 0.486 e. The van der Waals surface area contributed by atoms with Crippen LogP contribution < -0.4 is 20.3 Å². The molecule has 0 saturated carbocycles. The van der Waals surface area contributed by atoms with Crippen molar-refractivity contribution in [2.24, 2.45) is 0 Å². The molecule has 3 aromatic rings. The summed E-state index contributed by atoms with van der Waals surface area (Å²) in [6.45, 7) is 14.2. The molecule has 1 N–H and O–H groups in total. The predicted octanol–water partition coefficient (Wildman–Crippen LogP) is 4.73. The molecular weight excluding hydrogens is 560 g/mol. The molecule has 1 aromatic heterocycles. The minimum Gasteiger partial charge on any atom is -0.486 e. The van der Waals surface area contributed by atoms with Gasteiger partial charge >= 0.3 is 6.09 Å². The molecule has 236 valence electrons. The number of rotatable bonds is 8. The number of fused-ring (bicyclic) bond motifs is 2. The lowest BCUT2D eigenvalue weighted by Gasteiger charge is -2.39. The van der Waals surface area contributed by atoms with Crippen molar-refractivity contribution in [3.63, 3.8) is 0 Å². The van der Waals surface area contributed by atoms with Crippen molar-refractivity contribution in [1.82, 2.24) is 19.7 Å². The van der Waals surface area contributed by atoms with Crippen LogP contribution in [0.5, 0.6) is 11.5 Å². The second-order valence-electron chi connectivity index (χ2n) is 12.6. The van der Waals surface area contributed by atoms with E-state index in [9.17, 15) is 14.4 Å². The second kappa shape index (κ2) is 13.3. The van der Waals surface area contributed by atoms with E-state index >= 15 is 0 Å². The van der Waals surface area contributed by atoms with E-state index < -0.39 is 5.60 Å². The fourth-order valence-corrected chi connectivity index (χ4v) is 5.91. The molecule has 2 amide bonds. The Kier molecular flexibility index (Phi) is 9.48. The summed E-state index contributed by atoms with van der Waals surface area (Å²) in [5.74, 6) is 1.18. The Morgan fingerprint density at radius 1 is 1.00 bits per heavy atom. The molecule has 0 spiro atoms. The van der Waals surface area contributed by atoms with Crippen LogP contribution in [0.15, 0.2) is 47.3 Å². The van der Waals surface area contributed by atoms with Crippen LogP contribution >= 0.6 is 0 Å². The van der Waals surface area contributed by atoms with Gasteiger partial charge in [0.15, 0.2) is 11.5 Å². The van der Waals surface area contributed by atoms with Crippen molar-refractivity contribution in [2.45, 2.75) is 72.2 Å². The standard InChI is InChI=1S/C34H44N4O6/c1-6-35-32(40)27-21-31(39)37(28-19-23(2)7-9-26(27)28)16-15-36-13-11-25(12-14-36)38(33(41)44-34(3,4)5)22-24-8-10-29-30(20-24)43-18-17-42-29/h7-10,19-21,25H,6,11-18,22H2,1-5H3,(H,35,40). The molecule has 2 aliphatic rings. The first-order valence-electron chi connectivity index (χ1n) is 15.6. The zero-order valence-electron chi connectivity index (χ0n) is 26.5. The number of piperidine rings is 1. The monoisotopic (exact) mass is 604 g/mol. The fraction of sp³-hybridized carbons (Fsp3) is 0.500. The molecule has 5 rings (SSSR count). The number of carbonyl (C=O) groups is 2. The van der Waals surface area contributed by atoms with Crippen molar-refractivity contribution in [3.05, 3.63) is 69.5 Å². The lowest BCUT2D eigenvalue weighted by molar-refractivity contribution is 0.00562. The van der Waals surface area contributed by atoms with Gasteiger partial charge in [-0.25, -0.2) is 4.79 Å². The molecule has 3 heterocycles. The van der Waals surface area contributed by atoms with Crippen molar-refractivity contribution in [1.29, 1.82) is 0 Å². The van der Waals surface area contributed by atoms with Crippen LogP contribution in [0.4, 0.5) is 4.79 Å².